The van der Waals surface area contributed by atoms with Crippen molar-refractivity contribution in [3.05, 3.63) is 24.0 Å². The normalized spacial score (nSPS) is 23.5. The molecule has 1 aliphatic rings. The Balaban J connectivity index is 2.27. The molecule has 17 heavy (non-hydrogen) atoms. The van der Waals surface area contributed by atoms with Crippen molar-refractivity contribution < 1.29 is 0 Å². The van der Waals surface area contributed by atoms with E-state index in [9.17, 15) is 0 Å². The average Bonchev–Trinajstić information content (AvgIpc) is 2.12. The summed E-state index contributed by atoms with van der Waals surface area (Å²) < 4.78 is 0. The number of anilines is 1. The fourth-order valence-electron chi connectivity index (χ4n) is 3.74. The van der Waals surface area contributed by atoms with Crippen molar-refractivity contribution in [1.29, 1.82) is 0 Å². The van der Waals surface area contributed by atoms with Gasteiger partial charge >= 0.3 is 0 Å². The minimum atomic E-state index is 0.401. The molecular weight excluding hydrogens is 208 g/mol. The molecule has 0 aromatic carbocycles. The van der Waals surface area contributed by atoms with E-state index in [1.54, 1.807) is 0 Å². The van der Waals surface area contributed by atoms with Crippen LogP contribution in [0.2, 0.25) is 0 Å². The monoisotopic (exact) mass is 232 g/mol. The van der Waals surface area contributed by atoms with Gasteiger partial charge in [-0.05, 0) is 42.2 Å². The zero-order chi connectivity index (χ0) is 12.7. The molecule has 1 fully saturated rings. The summed E-state index contributed by atoms with van der Waals surface area (Å²) in [5.74, 6) is 0.553. The quantitative estimate of drug-likeness (QED) is 0.795. The Labute approximate surface area is 105 Å². The van der Waals surface area contributed by atoms with Crippen LogP contribution in [0.15, 0.2) is 18.3 Å². The second-order valence-electron chi connectivity index (χ2n) is 7.12. The molecule has 0 radical (unpaired) electrons. The number of pyridine rings is 1. The van der Waals surface area contributed by atoms with E-state index < -0.39 is 0 Å². The number of nitrogen functional groups attached to an aromatic ring is 1. The molecule has 2 N–H and O–H groups in total. The van der Waals surface area contributed by atoms with E-state index in [-0.39, 0.29) is 0 Å². The topological polar surface area (TPSA) is 38.9 Å². The molecule has 2 heteroatoms. The van der Waals surface area contributed by atoms with Crippen molar-refractivity contribution in [2.45, 2.75) is 52.9 Å². The lowest BCUT2D eigenvalue weighted by atomic mass is 9.61. The number of hydrogen-bond donors (Lipinski definition) is 1. The molecule has 0 bridgehead atoms. The summed E-state index contributed by atoms with van der Waals surface area (Å²) in [7, 11) is 0. The van der Waals surface area contributed by atoms with Gasteiger partial charge in [-0.1, -0.05) is 27.7 Å². The maximum absolute atomic E-state index is 5.86. The predicted octanol–water partition coefficient (Wildman–Crippen LogP) is 3.98. The first-order valence-electron chi connectivity index (χ1n) is 6.49. The highest BCUT2D eigenvalue weighted by atomic mass is 14.7. The van der Waals surface area contributed by atoms with Crippen LogP contribution in [-0.4, -0.2) is 4.98 Å². The molecule has 1 aromatic heterocycles. The van der Waals surface area contributed by atoms with Crippen LogP contribution in [0.25, 0.3) is 0 Å². The van der Waals surface area contributed by atoms with Crippen molar-refractivity contribution in [3.63, 3.8) is 0 Å². The van der Waals surface area contributed by atoms with Gasteiger partial charge in [0.1, 0.15) is 0 Å². The first-order valence-corrected chi connectivity index (χ1v) is 6.49. The maximum atomic E-state index is 5.86. The third kappa shape index (κ3) is 2.99. The molecule has 0 amide bonds. The van der Waals surface area contributed by atoms with Gasteiger partial charge in [0.05, 0.1) is 0 Å². The average molecular weight is 232 g/mol. The Bertz CT molecular complexity index is 391. The number of rotatable bonds is 1. The Morgan fingerprint density at radius 2 is 1.76 bits per heavy atom. The SMILES string of the molecule is CC1(C)CC(c2cc(N)ccn2)CC(C)(C)C1. The third-order valence-electron chi connectivity index (χ3n) is 3.78. The number of nitrogens with two attached hydrogens (primary N) is 1. The highest BCUT2D eigenvalue weighted by molar-refractivity contribution is 5.38. The second kappa shape index (κ2) is 4.01. The summed E-state index contributed by atoms with van der Waals surface area (Å²) >= 11 is 0. The minimum Gasteiger partial charge on any atom is -0.399 e. The van der Waals surface area contributed by atoms with Crippen LogP contribution in [0.4, 0.5) is 5.69 Å². The molecule has 94 valence electrons. The maximum Gasteiger partial charge on any atom is 0.0455 e. The van der Waals surface area contributed by atoms with Gasteiger partial charge in [0, 0.05) is 23.5 Å². The molecule has 0 atom stereocenters. The number of hydrogen-bond acceptors (Lipinski definition) is 2. The predicted molar refractivity (Wildman–Crippen MR) is 72.8 cm³/mol. The van der Waals surface area contributed by atoms with Gasteiger partial charge in [-0.25, -0.2) is 0 Å². The molecule has 0 unspecified atom stereocenters. The summed E-state index contributed by atoms with van der Waals surface area (Å²) in [6.07, 6.45) is 5.55. The molecule has 1 heterocycles. The van der Waals surface area contributed by atoms with E-state index in [1.807, 2.05) is 18.3 Å². The standard InChI is InChI=1S/C15H24N2/c1-14(2)8-11(9-15(3,4)10-14)13-7-12(16)5-6-17-13/h5-7,11H,8-10H2,1-4H3,(H2,16,17). The van der Waals surface area contributed by atoms with Crippen LogP contribution in [0.3, 0.4) is 0 Å². The lowest BCUT2D eigenvalue weighted by Gasteiger charge is -2.44. The van der Waals surface area contributed by atoms with Crippen molar-refractivity contribution >= 4 is 5.69 Å². The summed E-state index contributed by atoms with van der Waals surface area (Å²) in [4.78, 5) is 4.51. The van der Waals surface area contributed by atoms with Gasteiger partial charge in [-0.2, -0.15) is 0 Å². The first-order chi connectivity index (χ1) is 7.77. The highest BCUT2D eigenvalue weighted by Gasteiger charge is 2.39. The van der Waals surface area contributed by atoms with E-state index in [1.165, 1.54) is 25.0 Å². The molecule has 0 aliphatic heterocycles. The fraction of sp³-hybridized carbons (Fsp3) is 0.667. The molecule has 0 spiro atoms. The van der Waals surface area contributed by atoms with Gasteiger partial charge in [-0.15, -0.1) is 0 Å². The lowest BCUT2D eigenvalue weighted by Crippen LogP contribution is -2.33. The number of nitrogens with zero attached hydrogens (tertiary/aromatic N) is 1. The van der Waals surface area contributed by atoms with Gasteiger partial charge in [-0.3, -0.25) is 4.98 Å². The van der Waals surface area contributed by atoms with Crippen molar-refractivity contribution in [3.8, 4) is 0 Å². The van der Waals surface area contributed by atoms with Crippen LogP contribution in [0.5, 0.6) is 0 Å². The zero-order valence-electron chi connectivity index (χ0n) is 11.5. The molecule has 1 aromatic rings. The summed E-state index contributed by atoms with van der Waals surface area (Å²) in [6, 6.07) is 3.91. The summed E-state index contributed by atoms with van der Waals surface area (Å²) in [5.41, 5.74) is 8.67. The van der Waals surface area contributed by atoms with Crippen molar-refractivity contribution in [2.24, 2.45) is 10.8 Å². The van der Waals surface area contributed by atoms with Gasteiger partial charge in [0.2, 0.25) is 0 Å². The van der Waals surface area contributed by atoms with E-state index in [2.05, 4.69) is 32.7 Å². The van der Waals surface area contributed by atoms with E-state index >= 15 is 0 Å². The Hall–Kier alpha value is -1.05. The lowest BCUT2D eigenvalue weighted by molar-refractivity contribution is 0.0956. The second-order valence-corrected chi connectivity index (χ2v) is 7.12. The molecule has 1 saturated carbocycles. The first kappa shape index (κ1) is 12.4. The molecule has 2 rings (SSSR count). The Morgan fingerprint density at radius 3 is 2.29 bits per heavy atom. The summed E-state index contributed by atoms with van der Waals surface area (Å²) in [6.45, 7) is 9.47. The van der Waals surface area contributed by atoms with Gasteiger partial charge < -0.3 is 5.73 Å². The van der Waals surface area contributed by atoms with E-state index in [0.29, 0.717) is 16.7 Å². The minimum absolute atomic E-state index is 0.401. The van der Waals surface area contributed by atoms with E-state index in [0.717, 1.165) is 5.69 Å². The van der Waals surface area contributed by atoms with Crippen LogP contribution in [0.1, 0.15) is 58.6 Å². The van der Waals surface area contributed by atoms with Gasteiger partial charge in [0.15, 0.2) is 0 Å². The highest BCUT2D eigenvalue weighted by Crippen LogP contribution is 2.51. The molecule has 2 nitrogen and oxygen atoms in total. The third-order valence-corrected chi connectivity index (χ3v) is 3.78. The van der Waals surface area contributed by atoms with Crippen molar-refractivity contribution in [1.82, 2.24) is 4.98 Å². The fourth-order valence-corrected chi connectivity index (χ4v) is 3.74. The van der Waals surface area contributed by atoms with E-state index in [4.69, 9.17) is 5.73 Å². The van der Waals surface area contributed by atoms with Crippen LogP contribution in [0, 0.1) is 10.8 Å². The van der Waals surface area contributed by atoms with Crippen LogP contribution < -0.4 is 5.73 Å². The molecular formula is C15H24N2. The largest absolute Gasteiger partial charge is 0.399 e. The smallest absolute Gasteiger partial charge is 0.0455 e. The Kier molecular flexibility index (Phi) is 2.92. The van der Waals surface area contributed by atoms with Crippen LogP contribution >= 0.6 is 0 Å². The van der Waals surface area contributed by atoms with Crippen molar-refractivity contribution in [2.75, 3.05) is 5.73 Å². The molecule has 1 aliphatic carbocycles. The summed E-state index contributed by atoms with van der Waals surface area (Å²) in [5, 5.41) is 0. The molecule has 0 saturated heterocycles. The van der Waals surface area contributed by atoms with Crippen LogP contribution in [-0.2, 0) is 0 Å². The Morgan fingerprint density at radius 1 is 1.18 bits per heavy atom. The van der Waals surface area contributed by atoms with Gasteiger partial charge in [0.25, 0.3) is 0 Å². The zero-order valence-corrected chi connectivity index (χ0v) is 11.5. The number of aromatic nitrogens is 1.